The molecule has 0 atom stereocenters. The summed E-state index contributed by atoms with van der Waals surface area (Å²) in [4.78, 5) is 9.58. The van der Waals surface area contributed by atoms with Gasteiger partial charge in [-0.25, -0.2) is 0 Å². The number of piperazine rings is 1. The molecule has 0 radical (unpaired) electrons. The minimum Gasteiger partial charge on any atom is -0.494 e. The largest absolute Gasteiger partial charge is 0.494 e. The van der Waals surface area contributed by atoms with Crippen molar-refractivity contribution in [2.24, 2.45) is 4.99 Å². The molecule has 0 unspecified atom stereocenters. The molecule has 0 spiro atoms. The van der Waals surface area contributed by atoms with Crippen molar-refractivity contribution in [2.75, 3.05) is 45.9 Å². The van der Waals surface area contributed by atoms with Gasteiger partial charge in [-0.1, -0.05) is 22.9 Å². The van der Waals surface area contributed by atoms with E-state index in [9.17, 15) is 0 Å². The molecule has 166 valence electrons. The summed E-state index contributed by atoms with van der Waals surface area (Å²) in [7, 11) is 0. The second-order valence-electron chi connectivity index (χ2n) is 7.36. The Morgan fingerprint density at radius 3 is 2.57 bits per heavy atom. The molecular weight excluding hydrogens is 493 g/mol. The summed E-state index contributed by atoms with van der Waals surface area (Å²) in [5.41, 5.74) is 2.24. The van der Waals surface area contributed by atoms with Gasteiger partial charge in [-0.3, -0.25) is 9.89 Å². The predicted molar refractivity (Wildman–Crippen MR) is 131 cm³/mol. The maximum atomic E-state index is 5.79. The Balaban J connectivity index is 0.00000320. The molecule has 0 aliphatic carbocycles. The lowest BCUT2D eigenvalue weighted by atomic mass is 10.2. The standard InChI is InChI=1S/C22H33N5O2.HI/c1-3-23-22(24-11-4-5-16-28-21-8-6-19(2)7-9-21)27-14-12-26(13-15-27)18-20-10-17-29-25-20;/h6-10,17H,3-5,11-16,18H2,1-2H3,(H,23,24);1H. The summed E-state index contributed by atoms with van der Waals surface area (Å²) >= 11 is 0. The van der Waals surface area contributed by atoms with E-state index in [0.717, 1.165) is 82.7 Å². The number of nitrogens with zero attached hydrogens (tertiary/aromatic N) is 4. The van der Waals surface area contributed by atoms with Crippen LogP contribution >= 0.6 is 24.0 Å². The number of aliphatic imine (C=N–C) groups is 1. The lowest BCUT2D eigenvalue weighted by Gasteiger charge is -2.36. The van der Waals surface area contributed by atoms with Gasteiger partial charge in [0.05, 0.1) is 12.3 Å². The minimum atomic E-state index is 0. The van der Waals surface area contributed by atoms with Gasteiger partial charge in [0.25, 0.3) is 0 Å². The van der Waals surface area contributed by atoms with Crippen LogP contribution in [0.25, 0.3) is 0 Å². The number of hydrogen-bond acceptors (Lipinski definition) is 5. The maximum absolute atomic E-state index is 5.79. The molecule has 1 aliphatic heterocycles. The molecule has 0 bridgehead atoms. The number of ether oxygens (including phenoxy) is 1. The smallest absolute Gasteiger partial charge is 0.194 e. The lowest BCUT2D eigenvalue weighted by molar-refractivity contribution is 0.169. The van der Waals surface area contributed by atoms with Crippen LogP contribution in [0.5, 0.6) is 5.75 Å². The average molecular weight is 527 g/mol. The third-order valence-electron chi connectivity index (χ3n) is 4.99. The summed E-state index contributed by atoms with van der Waals surface area (Å²) in [6.45, 7) is 11.4. The zero-order chi connectivity index (χ0) is 20.3. The van der Waals surface area contributed by atoms with Gasteiger partial charge in [0.1, 0.15) is 12.0 Å². The topological polar surface area (TPSA) is 66.1 Å². The van der Waals surface area contributed by atoms with Gasteiger partial charge in [-0.15, -0.1) is 24.0 Å². The van der Waals surface area contributed by atoms with Gasteiger partial charge in [-0.2, -0.15) is 0 Å². The van der Waals surface area contributed by atoms with Crippen molar-refractivity contribution in [1.29, 1.82) is 0 Å². The predicted octanol–water partition coefficient (Wildman–Crippen LogP) is 3.54. The first-order valence-corrected chi connectivity index (χ1v) is 10.6. The number of aryl methyl sites for hydroxylation is 1. The molecule has 8 heteroatoms. The van der Waals surface area contributed by atoms with Gasteiger partial charge in [0.15, 0.2) is 5.96 Å². The summed E-state index contributed by atoms with van der Waals surface area (Å²) < 4.78 is 10.7. The Hall–Kier alpha value is -1.81. The number of rotatable bonds is 9. The van der Waals surface area contributed by atoms with E-state index < -0.39 is 0 Å². The van der Waals surface area contributed by atoms with Crippen LogP contribution in [-0.4, -0.2) is 66.8 Å². The molecule has 7 nitrogen and oxygen atoms in total. The molecule has 0 saturated carbocycles. The number of halogens is 1. The summed E-state index contributed by atoms with van der Waals surface area (Å²) in [6.07, 6.45) is 3.66. The molecule has 1 aromatic heterocycles. The fourth-order valence-corrected chi connectivity index (χ4v) is 3.32. The van der Waals surface area contributed by atoms with Crippen molar-refractivity contribution in [3.05, 3.63) is 47.9 Å². The van der Waals surface area contributed by atoms with Crippen LogP contribution < -0.4 is 10.1 Å². The highest BCUT2D eigenvalue weighted by atomic mass is 127. The van der Waals surface area contributed by atoms with E-state index in [1.54, 1.807) is 6.26 Å². The van der Waals surface area contributed by atoms with E-state index in [2.05, 4.69) is 46.3 Å². The number of aromatic nitrogens is 1. The number of unbranched alkanes of at least 4 members (excludes halogenated alkanes) is 1. The Bertz CT molecular complexity index is 728. The molecule has 2 aromatic rings. The number of guanidine groups is 1. The third kappa shape index (κ3) is 8.14. The van der Waals surface area contributed by atoms with Gasteiger partial charge in [0.2, 0.25) is 0 Å². The second-order valence-corrected chi connectivity index (χ2v) is 7.36. The molecule has 2 heterocycles. The fraction of sp³-hybridized carbons (Fsp3) is 0.545. The Kier molecular flexibility index (Phi) is 11.0. The highest BCUT2D eigenvalue weighted by molar-refractivity contribution is 14.0. The number of benzene rings is 1. The summed E-state index contributed by atoms with van der Waals surface area (Å²) in [6, 6.07) is 10.1. The zero-order valence-electron chi connectivity index (χ0n) is 18.0. The van der Waals surface area contributed by atoms with Crippen LogP contribution in [-0.2, 0) is 6.54 Å². The first-order valence-electron chi connectivity index (χ1n) is 10.6. The van der Waals surface area contributed by atoms with Gasteiger partial charge < -0.3 is 19.5 Å². The van der Waals surface area contributed by atoms with Crippen LogP contribution in [0.2, 0.25) is 0 Å². The third-order valence-corrected chi connectivity index (χ3v) is 4.99. The SMILES string of the molecule is CCNC(=NCCCCOc1ccc(C)cc1)N1CCN(Cc2ccon2)CC1.I. The Labute approximate surface area is 196 Å². The summed E-state index contributed by atoms with van der Waals surface area (Å²) in [5.74, 6) is 1.96. The van der Waals surface area contributed by atoms with Crippen molar-refractivity contribution in [2.45, 2.75) is 33.2 Å². The molecular formula is C22H34IN5O2. The molecule has 3 rings (SSSR count). The Morgan fingerprint density at radius 2 is 1.90 bits per heavy atom. The maximum Gasteiger partial charge on any atom is 0.194 e. The number of hydrogen-bond donors (Lipinski definition) is 1. The lowest BCUT2D eigenvalue weighted by Crippen LogP contribution is -2.52. The molecule has 1 fully saturated rings. The molecule has 30 heavy (non-hydrogen) atoms. The molecule has 0 amide bonds. The van der Waals surface area contributed by atoms with E-state index >= 15 is 0 Å². The van der Waals surface area contributed by atoms with E-state index in [4.69, 9.17) is 14.3 Å². The van der Waals surface area contributed by atoms with Crippen molar-refractivity contribution < 1.29 is 9.26 Å². The van der Waals surface area contributed by atoms with Crippen LogP contribution in [0.15, 0.2) is 46.1 Å². The van der Waals surface area contributed by atoms with Crippen molar-refractivity contribution >= 4 is 29.9 Å². The monoisotopic (exact) mass is 527 g/mol. The Morgan fingerprint density at radius 1 is 1.13 bits per heavy atom. The van der Waals surface area contributed by atoms with Crippen LogP contribution in [0.1, 0.15) is 31.0 Å². The fourth-order valence-electron chi connectivity index (χ4n) is 3.32. The van der Waals surface area contributed by atoms with Crippen LogP contribution in [0.4, 0.5) is 0 Å². The quantitative estimate of drug-likeness (QED) is 0.233. The van der Waals surface area contributed by atoms with Gasteiger partial charge >= 0.3 is 0 Å². The average Bonchev–Trinajstić information content (AvgIpc) is 3.25. The number of nitrogens with one attached hydrogen (secondary N) is 1. The summed E-state index contributed by atoms with van der Waals surface area (Å²) in [5, 5.41) is 7.44. The van der Waals surface area contributed by atoms with E-state index in [1.165, 1.54) is 5.56 Å². The highest BCUT2D eigenvalue weighted by Crippen LogP contribution is 2.12. The van der Waals surface area contributed by atoms with Crippen LogP contribution in [0, 0.1) is 6.92 Å². The van der Waals surface area contributed by atoms with E-state index in [1.807, 2.05) is 18.2 Å². The van der Waals surface area contributed by atoms with Crippen LogP contribution in [0.3, 0.4) is 0 Å². The highest BCUT2D eigenvalue weighted by Gasteiger charge is 2.20. The van der Waals surface area contributed by atoms with Gasteiger partial charge in [-0.05, 0) is 38.8 Å². The van der Waals surface area contributed by atoms with Crippen molar-refractivity contribution in [3.8, 4) is 5.75 Å². The minimum absolute atomic E-state index is 0. The second kappa shape index (κ2) is 13.5. The van der Waals surface area contributed by atoms with Crippen molar-refractivity contribution in [3.63, 3.8) is 0 Å². The first-order chi connectivity index (χ1) is 14.2. The van der Waals surface area contributed by atoms with Gasteiger partial charge in [0, 0.05) is 51.9 Å². The first kappa shape index (κ1) is 24.5. The molecule has 1 aromatic carbocycles. The molecule has 1 saturated heterocycles. The zero-order valence-corrected chi connectivity index (χ0v) is 20.4. The van der Waals surface area contributed by atoms with E-state index in [0.29, 0.717) is 0 Å². The molecule has 1 aliphatic rings. The van der Waals surface area contributed by atoms with E-state index in [-0.39, 0.29) is 24.0 Å². The molecule has 1 N–H and O–H groups in total. The normalized spacial score (nSPS) is 15.0. The van der Waals surface area contributed by atoms with Crippen molar-refractivity contribution in [1.82, 2.24) is 20.3 Å².